The molecule has 0 bridgehead atoms. The summed E-state index contributed by atoms with van der Waals surface area (Å²) in [7, 11) is 0. The van der Waals surface area contributed by atoms with E-state index in [4.69, 9.17) is 17.0 Å². The number of hydrogen-bond acceptors (Lipinski definition) is 4. The molecule has 0 spiro atoms. The van der Waals surface area contributed by atoms with Gasteiger partial charge >= 0.3 is 0 Å². The third kappa shape index (κ3) is 6.92. The number of amides is 2. The van der Waals surface area contributed by atoms with Gasteiger partial charge in [-0.15, -0.1) is 0 Å². The first-order valence-corrected chi connectivity index (χ1v) is 10.6. The lowest BCUT2D eigenvalue weighted by atomic mass is 10.1. The standard InChI is InChI=1S/C25H25N3O3S/c1-17(2)23(29)26-20-12-14-21(15-13-20)27-25(32)28-24(30)19-10-8-18(9-11-19)16-31-22-6-4-3-5-7-22/h3-15,17H,16H2,1-2H3,(H,26,29)(H2,27,28,30,32). The second-order valence-corrected chi connectivity index (χ2v) is 7.84. The third-order valence-electron chi connectivity index (χ3n) is 4.53. The highest BCUT2D eigenvalue weighted by molar-refractivity contribution is 7.80. The van der Waals surface area contributed by atoms with Crippen LogP contribution in [-0.2, 0) is 11.4 Å². The van der Waals surface area contributed by atoms with Crippen molar-refractivity contribution in [3.63, 3.8) is 0 Å². The van der Waals surface area contributed by atoms with Gasteiger partial charge in [0.1, 0.15) is 12.4 Å². The average Bonchev–Trinajstić information content (AvgIpc) is 2.80. The number of thiocarbonyl (C=S) groups is 1. The first-order chi connectivity index (χ1) is 15.4. The molecule has 0 aliphatic carbocycles. The van der Waals surface area contributed by atoms with Crippen molar-refractivity contribution < 1.29 is 14.3 Å². The summed E-state index contributed by atoms with van der Waals surface area (Å²) < 4.78 is 5.71. The molecule has 0 radical (unpaired) electrons. The lowest BCUT2D eigenvalue weighted by molar-refractivity contribution is -0.118. The Morgan fingerprint density at radius 3 is 2.03 bits per heavy atom. The summed E-state index contributed by atoms with van der Waals surface area (Å²) in [4.78, 5) is 24.2. The first kappa shape index (κ1) is 23.0. The Balaban J connectivity index is 1.48. The van der Waals surface area contributed by atoms with Crippen molar-refractivity contribution in [3.05, 3.63) is 90.0 Å². The van der Waals surface area contributed by atoms with Gasteiger partial charge < -0.3 is 15.4 Å². The van der Waals surface area contributed by atoms with E-state index in [1.807, 2.05) is 56.3 Å². The summed E-state index contributed by atoms with van der Waals surface area (Å²) >= 11 is 5.24. The maximum Gasteiger partial charge on any atom is 0.257 e. The minimum absolute atomic E-state index is 0.0499. The number of ether oxygens (including phenoxy) is 1. The van der Waals surface area contributed by atoms with Crippen LogP contribution in [0.15, 0.2) is 78.9 Å². The Hall–Kier alpha value is -3.71. The van der Waals surface area contributed by atoms with Crippen molar-refractivity contribution in [2.75, 3.05) is 10.6 Å². The van der Waals surface area contributed by atoms with Gasteiger partial charge in [0.05, 0.1) is 0 Å². The van der Waals surface area contributed by atoms with Crippen molar-refractivity contribution in [1.29, 1.82) is 0 Å². The van der Waals surface area contributed by atoms with Crippen LogP contribution in [0.4, 0.5) is 11.4 Å². The quantitative estimate of drug-likeness (QED) is 0.445. The summed E-state index contributed by atoms with van der Waals surface area (Å²) in [6.45, 7) is 4.08. The average molecular weight is 448 g/mol. The zero-order valence-corrected chi connectivity index (χ0v) is 18.7. The van der Waals surface area contributed by atoms with Crippen molar-refractivity contribution in [2.24, 2.45) is 5.92 Å². The molecule has 6 nitrogen and oxygen atoms in total. The van der Waals surface area contributed by atoms with E-state index in [0.717, 1.165) is 11.3 Å². The van der Waals surface area contributed by atoms with E-state index < -0.39 is 0 Å². The van der Waals surface area contributed by atoms with Crippen LogP contribution in [0.25, 0.3) is 0 Å². The van der Waals surface area contributed by atoms with Gasteiger partial charge in [0, 0.05) is 22.9 Å². The van der Waals surface area contributed by atoms with Gasteiger partial charge in [0.15, 0.2) is 5.11 Å². The van der Waals surface area contributed by atoms with Crippen LogP contribution in [0.3, 0.4) is 0 Å². The lowest BCUT2D eigenvalue weighted by Gasteiger charge is -2.12. The zero-order chi connectivity index (χ0) is 22.9. The molecular weight excluding hydrogens is 422 g/mol. The summed E-state index contributed by atoms with van der Waals surface area (Å²) in [6, 6.07) is 23.8. The van der Waals surface area contributed by atoms with Crippen LogP contribution < -0.4 is 20.7 Å². The van der Waals surface area contributed by atoms with Gasteiger partial charge in [0.2, 0.25) is 5.91 Å². The number of hydrogen-bond donors (Lipinski definition) is 3. The van der Waals surface area contributed by atoms with Gasteiger partial charge in [-0.3, -0.25) is 14.9 Å². The van der Waals surface area contributed by atoms with E-state index in [-0.39, 0.29) is 22.8 Å². The van der Waals surface area contributed by atoms with E-state index in [9.17, 15) is 9.59 Å². The minimum atomic E-state index is -0.307. The van der Waals surface area contributed by atoms with E-state index in [0.29, 0.717) is 23.5 Å². The molecule has 3 rings (SSSR count). The van der Waals surface area contributed by atoms with E-state index >= 15 is 0 Å². The second kappa shape index (κ2) is 11.1. The molecule has 0 saturated carbocycles. The van der Waals surface area contributed by atoms with Crippen molar-refractivity contribution >= 4 is 40.5 Å². The minimum Gasteiger partial charge on any atom is -0.489 e. The van der Waals surface area contributed by atoms with Crippen molar-refractivity contribution in [2.45, 2.75) is 20.5 Å². The normalized spacial score (nSPS) is 10.3. The SMILES string of the molecule is CC(C)C(=O)Nc1ccc(NC(=S)NC(=O)c2ccc(COc3ccccc3)cc2)cc1. The monoisotopic (exact) mass is 447 g/mol. The number of nitrogens with one attached hydrogen (secondary N) is 3. The molecule has 0 aliphatic rings. The molecule has 164 valence electrons. The van der Waals surface area contributed by atoms with Crippen LogP contribution in [-0.4, -0.2) is 16.9 Å². The van der Waals surface area contributed by atoms with Crippen LogP contribution in [0.1, 0.15) is 29.8 Å². The van der Waals surface area contributed by atoms with Gasteiger partial charge in [-0.2, -0.15) is 0 Å². The fraction of sp³-hybridized carbons (Fsp3) is 0.160. The van der Waals surface area contributed by atoms with Crippen LogP contribution in [0.5, 0.6) is 5.75 Å². The Labute approximate surface area is 193 Å². The van der Waals surface area contributed by atoms with Gasteiger partial charge in [-0.05, 0) is 66.3 Å². The van der Waals surface area contributed by atoms with Crippen molar-refractivity contribution in [3.8, 4) is 5.75 Å². The summed E-state index contributed by atoms with van der Waals surface area (Å²) in [5, 5.41) is 8.63. The molecule has 2 amide bonds. The van der Waals surface area contributed by atoms with E-state index in [1.54, 1.807) is 36.4 Å². The predicted molar refractivity (Wildman–Crippen MR) is 131 cm³/mol. The van der Waals surface area contributed by atoms with Crippen LogP contribution in [0.2, 0.25) is 0 Å². The Kier molecular flexibility index (Phi) is 7.94. The maximum atomic E-state index is 12.5. The molecule has 0 aromatic heterocycles. The molecule has 0 saturated heterocycles. The number of rotatable bonds is 7. The van der Waals surface area contributed by atoms with Gasteiger partial charge in [0.25, 0.3) is 5.91 Å². The maximum absolute atomic E-state index is 12.5. The highest BCUT2D eigenvalue weighted by atomic mass is 32.1. The highest BCUT2D eigenvalue weighted by Crippen LogP contribution is 2.15. The van der Waals surface area contributed by atoms with Gasteiger partial charge in [-0.1, -0.05) is 44.2 Å². The lowest BCUT2D eigenvalue weighted by Crippen LogP contribution is -2.34. The number of benzene rings is 3. The molecule has 0 fully saturated rings. The molecular formula is C25H25N3O3S. The summed E-state index contributed by atoms with van der Waals surface area (Å²) in [5.41, 5.74) is 2.84. The number of para-hydroxylation sites is 1. The third-order valence-corrected chi connectivity index (χ3v) is 4.73. The van der Waals surface area contributed by atoms with Gasteiger partial charge in [-0.25, -0.2) is 0 Å². The Morgan fingerprint density at radius 2 is 1.44 bits per heavy atom. The molecule has 3 N–H and O–H groups in total. The van der Waals surface area contributed by atoms with Crippen molar-refractivity contribution in [1.82, 2.24) is 5.32 Å². The highest BCUT2D eigenvalue weighted by Gasteiger charge is 2.09. The predicted octanol–water partition coefficient (Wildman–Crippen LogP) is 4.99. The molecule has 0 heterocycles. The molecule has 3 aromatic carbocycles. The zero-order valence-electron chi connectivity index (χ0n) is 17.9. The fourth-order valence-corrected chi connectivity index (χ4v) is 2.91. The van der Waals surface area contributed by atoms with Crippen LogP contribution in [0, 0.1) is 5.92 Å². The van der Waals surface area contributed by atoms with E-state index in [1.165, 1.54) is 0 Å². The number of anilines is 2. The summed E-state index contributed by atoms with van der Waals surface area (Å²) in [5.74, 6) is 0.340. The molecule has 0 unspecified atom stereocenters. The molecule has 0 aliphatic heterocycles. The molecule has 32 heavy (non-hydrogen) atoms. The largest absolute Gasteiger partial charge is 0.489 e. The second-order valence-electron chi connectivity index (χ2n) is 7.43. The molecule has 0 atom stereocenters. The summed E-state index contributed by atoms with van der Waals surface area (Å²) in [6.07, 6.45) is 0. The van der Waals surface area contributed by atoms with Crippen LogP contribution >= 0.6 is 12.2 Å². The Bertz CT molecular complexity index is 1070. The smallest absolute Gasteiger partial charge is 0.257 e. The molecule has 7 heteroatoms. The Morgan fingerprint density at radius 1 is 0.844 bits per heavy atom. The fourth-order valence-electron chi connectivity index (χ4n) is 2.70. The number of carbonyl (C=O) groups is 2. The van der Waals surface area contributed by atoms with E-state index in [2.05, 4.69) is 16.0 Å². The molecule has 3 aromatic rings. The topological polar surface area (TPSA) is 79.5 Å². The first-order valence-electron chi connectivity index (χ1n) is 10.2. The number of carbonyl (C=O) groups excluding carboxylic acids is 2.